The van der Waals surface area contributed by atoms with Crippen molar-refractivity contribution in [2.24, 2.45) is 22.2 Å². The lowest BCUT2D eigenvalue weighted by atomic mass is 9.66. The first-order chi connectivity index (χ1) is 18.2. The molecule has 4 unspecified atom stereocenters. The predicted molar refractivity (Wildman–Crippen MR) is 146 cm³/mol. The van der Waals surface area contributed by atoms with E-state index in [2.05, 4.69) is 24.2 Å². The molecule has 0 amide bonds. The fourth-order valence-corrected chi connectivity index (χ4v) is 5.55. The molecule has 1 heterocycles. The number of unbranched alkanes of at least 4 members (excludes halogenated alkanes) is 5. The van der Waals surface area contributed by atoms with E-state index in [4.69, 9.17) is 11.2 Å². The molecule has 0 fully saturated rings. The van der Waals surface area contributed by atoms with E-state index in [1.165, 1.54) is 5.01 Å². The highest BCUT2D eigenvalue weighted by atomic mass is 16.5. The molecule has 2 N–H and O–H groups in total. The SMILES string of the molecule is C#CC(=O)OCCCCCCN1N=NC(CC(CC)CCCC)(C(=O)O)C1(CC(CC)CCCC)C(=O)O. The lowest BCUT2D eigenvalue weighted by Crippen LogP contribution is -2.68. The van der Waals surface area contributed by atoms with E-state index in [1.54, 1.807) is 0 Å². The lowest BCUT2D eigenvalue weighted by molar-refractivity contribution is -0.167. The van der Waals surface area contributed by atoms with E-state index in [9.17, 15) is 24.6 Å². The van der Waals surface area contributed by atoms with Gasteiger partial charge in [0.05, 0.1) is 6.61 Å². The van der Waals surface area contributed by atoms with Crippen LogP contribution in [0.3, 0.4) is 0 Å². The summed E-state index contributed by atoms with van der Waals surface area (Å²) in [5.74, 6) is -1.04. The second-order valence-corrected chi connectivity index (χ2v) is 10.6. The lowest BCUT2D eigenvalue weighted by Gasteiger charge is -2.44. The van der Waals surface area contributed by atoms with Crippen molar-refractivity contribution in [3.05, 3.63) is 0 Å². The molecule has 0 saturated heterocycles. The summed E-state index contributed by atoms with van der Waals surface area (Å²) < 4.78 is 4.89. The molecule has 0 spiro atoms. The van der Waals surface area contributed by atoms with Crippen LogP contribution in [0, 0.1) is 24.2 Å². The van der Waals surface area contributed by atoms with Crippen LogP contribution in [0.2, 0.25) is 0 Å². The van der Waals surface area contributed by atoms with Gasteiger partial charge in [-0.3, -0.25) is 5.01 Å². The topological polar surface area (TPSA) is 129 Å². The minimum atomic E-state index is -1.84. The number of esters is 1. The van der Waals surface area contributed by atoms with Crippen molar-refractivity contribution in [3.8, 4) is 12.3 Å². The fourth-order valence-electron chi connectivity index (χ4n) is 5.55. The molecule has 1 aliphatic heterocycles. The zero-order valence-electron chi connectivity index (χ0n) is 23.9. The number of hydrogen-bond donors (Lipinski definition) is 2. The van der Waals surface area contributed by atoms with E-state index in [1.807, 2.05) is 19.8 Å². The second-order valence-electron chi connectivity index (χ2n) is 10.6. The number of hydrogen-bond acceptors (Lipinski definition) is 7. The molecule has 0 aromatic rings. The summed E-state index contributed by atoms with van der Waals surface area (Å²) in [4.78, 5) is 37.3. The maximum atomic E-state index is 13.2. The first-order valence-electron chi connectivity index (χ1n) is 14.5. The van der Waals surface area contributed by atoms with Crippen molar-refractivity contribution in [3.63, 3.8) is 0 Å². The number of nitrogens with zero attached hydrogens (tertiary/aromatic N) is 3. The predicted octanol–water partition coefficient (Wildman–Crippen LogP) is 6.27. The molecule has 9 nitrogen and oxygen atoms in total. The number of rotatable bonds is 21. The number of ether oxygens (including phenoxy) is 1. The van der Waals surface area contributed by atoms with E-state index in [-0.39, 0.29) is 31.3 Å². The van der Waals surface area contributed by atoms with Gasteiger partial charge < -0.3 is 14.9 Å². The van der Waals surface area contributed by atoms with E-state index in [0.29, 0.717) is 19.4 Å². The molecule has 4 atom stereocenters. The van der Waals surface area contributed by atoms with Crippen molar-refractivity contribution in [1.29, 1.82) is 0 Å². The van der Waals surface area contributed by atoms with Crippen molar-refractivity contribution >= 4 is 17.9 Å². The summed E-state index contributed by atoms with van der Waals surface area (Å²) in [6, 6.07) is 0. The van der Waals surface area contributed by atoms with Crippen LogP contribution in [0.25, 0.3) is 0 Å². The highest BCUT2D eigenvalue weighted by Gasteiger charge is 2.69. The summed E-state index contributed by atoms with van der Waals surface area (Å²) in [5.41, 5.74) is -3.58. The summed E-state index contributed by atoms with van der Waals surface area (Å²) in [5, 5.41) is 31.5. The average molecular weight is 536 g/mol. The Morgan fingerprint density at radius 2 is 1.45 bits per heavy atom. The molecule has 0 saturated carbocycles. The standard InChI is InChI=1S/C29H49N3O6/c1-6-11-17-23(8-3)21-28(26(34)35)29(27(36)37,22-24(9-4)18-12-7-2)32(31-30-28)19-15-13-14-16-20-38-25(33)10-5/h5,23-24H,6-9,11-22H2,1-4H3,(H,34,35)(H,36,37). The smallest absolute Gasteiger partial charge is 0.384 e. The van der Waals surface area contributed by atoms with Crippen molar-refractivity contribution in [1.82, 2.24) is 5.01 Å². The van der Waals surface area contributed by atoms with Gasteiger partial charge in [0.25, 0.3) is 0 Å². The maximum Gasteiger partial charge on any atom is 0.384 e. The quantitative estimate of drug-likeness (QED) is 0.0767. The van der Waals surface area contributed by atoms with Gasteiger partial charge in [-0.25, -0.2) is 14.4 Å². The van der Waals surface area contributed by atoms with Crippen LogP contribution < -0.4 is 0 Å². The van der Waals surface area contributed by atoms with Crippen molar-refractivity contribution in [2.45, 2.75) is 129 Å². The number of carbonyl (C=O) groups excluding carboxylic acids is 1. The molecular formula is C29H49N3O6. The van der Waals surface area contributed by atoms with Gasteiger partial charge in [0.1, 0.15) is 0 Å². The minimum Gasteiger partial charge on any atom is -0.479 e. The van der Waals surface area contributed by atoms with Crippen molar-refractivity contribution in [2.75, 3.05) is 13.2 Å². The molecule has 0 radical (unpaired) electrons. The number of carboxylic acid groups (broad SMARTS) is 2. The van der Waals surface area contributed by atoms with Crippen LogP contribution in [0.15, 0.2) is 10.3 Å². The van der Waals surface area contributed by atoms with Gasteiger partial charge in [0.15, 0.2) is 5.54 Å². The Morgan fingerprint density at radius 3 is 1.95 bits per heavy atom. The second kappa shape index (κ2) is 17.1. The van der Waals surface area contributed by atoms with Gasteiger partial charge in [-0.2, -0.15) is 0 Å². The van der Waals surface area contributed by atoms with Crippen LogP contribution in [0.5, 0.6) is 0 Å². The van der Waals surface area contributed by atoms with E-state index < -0.39 is 29.0 Å². The summed E-state index contributed by atoms with van der Waals surface area (Å²) >= 11 is 0. The Balaban J connectivity index is 3.25. The molecule has 0 aromatic carbocycles. The Labute approximate surface area is 228 Å². The van der Waals surface area contributed by atoms with Gasteiger partial charge in [-0.15, -0.1) is 11.5 Å². The van der Waals surface area contributed by atoms with Gasteiger partial charge in [-0.1, -0.05) is 90.7 Å². The summed E-state index contributed by atoms with van der Waals surface area (Å²) in [7, 11) is 0. The van der Waals surface area contributed by atoms with Gasteiger partial charge in [-0.05, 0) is 43.9 Å². The minimum absolute atomic E-state index is 0.0464. The molecule has 1 aliphatic rings. The third-order valence-electron chi connectivity index (χ3n) is 8.03. The highest BCUT2D eigenvalue weighted by molar-refractivity contribution is 5.93. The normalized spacial score (nSPS) is 22.1. The maximum absolute atomic E-state index is 13.2. The third kappa shape index (κ3) is 8.44. The van der Waals surface area contributed by atoms with Gasteiger partial charge in [0.2, 0.25) is 5.54 Å². The molecule has 0 aliphatic carbocycles. The van der Waals surface area contributed by atoms with Crippen LogP contribution in [0.1, 0.15) is 118 Å². The molecule has 9 heteroatoms. The number of terminal acetylenes is 1. The molecule has 0 bridgehead atoms. The Hall–Kier alpha value is -2.63. The van der Waals surface area contributed by atoms with Crippen LogP contribution in [0.4, 0.5) is 0 Å². The summed E-state index contributed by atoms with van der Waals surface area (Å²) in [6.45, 7) is 8.79. The van der Waals surface area contributed by atoms with Crippen LogP contribution in [-0.2, 0) is 19.1 Å². The molecule has 1 rings (SSSR count). The fraction of sp³-hybridized carbons (Fsp3) is 0.828. The number of carboxylic acids is 2. The van der Waals surface area contributed by atoms with Crippen LogP contribution >= 0.6 is 0 Å². The first-order valence-corrected chi connectivity index (χ1v) is 14.5. The molecule has 0 aromatic heterocycles. The molecule has 216 valence electrons. The first kappa shape index (κ1) is 33.4. The molecular weight excluding hydrogens is 486 g/mol. The van der Waals surface area contributed by atoms with E-state index >= 15 is 0 Å². The van der Waals surface area contributed by atoms with Crippen LogP contribution in [-0.4, -0.2) is 57.4 Å². The highest BCUT2D eigenvalue weighted by Crippen LogP contribution is 2.49. The third-order valence-corrected chi connectivity index (χ3v) is 8.03. The Bertz CT molecular complexity index is 826. The zero-order valence-corrected chi connectivity index (χ0v) is 23.9. The largest absolute Gasteiger partial charge is 0.479 e. The average Bonchev–Trinajstić information content (AvgIpc) is 3.22. The monoisotopic (exact) mass is 535 g/mol. The summed E-state index contributed by atoms with van der Waals surface area (Å²) in [6.07, 6.45) is 15.2. The Morgan fingerprint density at radius 1 is 0.868 bits per heavy atom. The van der Waals surface area contributed by atoms with Gasteiger partial charge in [0, 0.05) is 12.5 Å². The number of carbonyl (C=O) groups is 3. The van der Waals surface area contributed by atoms with E-state index in [0.717, 1.165) is 64.2 Å². The van der Waals surface area contributed by atoms with Gasteiger partial charge >= 0.3 is 17.9 Å². The molecule has 38 heavy (non-hydrogen) atoms. The van der Waals surface area contributed by atoms with Crippen molar-refractivity contribution < 1.29 is 29.3 Å². The zero-order chi connectivity index (χ0) is 28.6. The number of aliphatic carboxylic acids is 2. The Kier molecular flexibility index (Phi) is 15.0.